The highest BCUT2D eigenvalue weighted by Gasteiger charge is 2.21. The van der Waals surface area contributed by atoms with E-state index in [1.54, 1.807) is 12.1 Å². The molecule has 0 unspecified atom stereocenters. The van der Waals surface area contributed by atoms with Crippen molar-refractivity contribution in [3.05, 3.63) is 35.4 Å². The SMILES string of the molecule is C1CCNCC1.O=CNC1CCC(c2ccc(C(=O)O)cc2)CC1. The molecule has 1 aliphatic heterocycles. The largest absolute Gasteiger partial charge is 0.478 e. The lowest BCUT2D eigenvalue weighted by Gasteiger charge is -2.28. The van der Waals surface area contributed by atoms with Gasteiger partial charge >= 0.3 is 5.97 Å². The van der Waals surface area contributed by atoms with Gasteiger partial charge in [-0.3, -0.25) is 4.79 Å². The molecule has 2 aliphatic rings. The third kappa shape index (κ3) is 5.96. The first-order valence-corrected chi connectivity index (χ1v) is 8.94. The minimum absolute atomic E-state index is 0.303. The molecule has 24 heavy (non-hydrogen) atoms. The van der Waals surface area contributed by atoms with Crippen LogP contribution in [-0.4, -0.2) is 36.6 Å². The molecule has 2 fully saturated rings. The van der Waals surface area contributed by atoms with Crippen LogP contribution in [0.25, 0.3) is 0 Å². The first-order valence-electron chi connectivity index (χ1n) is 8.94. The molecule has 5 heteroatoms. The van der Waals surface area contributed by atoms with Crippen LogP contribution in [0.15, 0.2) is 24.3 Å². The smallest absolute Gasteiger partial charge is 0.335 e. The average Bonchev–Trinajstić information content (AvgIpc) is 2.65. The molecule has 5 nitrogen and oxygen atoms in total. The molecular formula is C19H28N2O3. The third-order valence-corrected chi connectivity index (χ3v) is 4.87. The minimum Gasteiger partial charge on any atom is -0.478 e. The highest BCUT2D eigenvalue weighted by Crippen LogP contribution is 2.32. The molecule has 1 aliphatic carbocycles. The minimum atomic E-state index is -0.888. The summed E-state index contributed by atoms with van der Waals surface area (Å²) in [6.07, 6.45) is 9.05. The number of hydrogen-bond acceptors (Lipinski definition) is 3. The summed E-state index contributed by atoms with van der Waals surface area (Å²) in [5, 5.41) is 14.9. The van der Waals surface area contributed by atoms with Gasteiger partial charge in [-0.1, -0.05) is 18.6 Å². The maximum absolute atomic E-state index is 10.8. The van der Waals surface area contributed by atoms with Crippen LogP contribution in [0.2, 0.25) is 0 Å². The molecule has 132 valence electrons. The van der Waals surface area contributed by atoms with Crippen molar-refractivity contribution in [1.82, 2.24) is 10.6 Å². The number of rotatable bonds is 4. The Bertz CT molecular complexity index is 492. The van der Waals surface area contributed by atoms with Gasteiger partial charge in [0.25, 0.3) is 0 Å². The van der Waals surface area contributed by atoms with Gasteiger partial charge in [-0.25, -0.2) is 4.79 Å². The molecule has 1 aromatic rings. The van der Waals surface area contributed by atoms with Crippen LogP contribution in [0, 0.1) is 0 Å². The number of nitrogens with one attached hydrogen (secondary N) is 2. The van der Waals surface area contributed by atoms with Crippen molar-refractivity contribution in [2.75, 3.05) is 13.1 Å². The first-order chi connectivity index (χ1) is 11.7. The van der Waals surface area contributed by atoms with Crippen LogP contribution < -0.4 is 10.6 Å². The number of hydrogen-bond donors (Lipinski definition) is 3. The van der Waals surface area contributed by atoms with Crippen LogP contribution in [-0.2, 0) is 4.79 Å². The predicted molar refractivity (Wildman–Crippen MR) is 94.3 cm³/mol. The zero-order valence-corrected chi connectivity index (χ0v) is 14.2. The lowest BCUT2D eigenvalue weighted by Crippen LogP contribution is -2.31. The van der Waals surface area contributed by atoms with Crippen molar-refractivity contribution < 1.29 is 14.7 Å². The van der Waals surface area contributed by atoms with Crippen LogP contribution in [0.4, 0.5) is 0 Å². The van der Waals surface area contributed by atoms with Gasteiger partial charge in [-0.05, 0) is 75.2 Å². The van der Waals surface area contributed by atoms with E-state index < -0.39 is 5.97 Å². The molecule has 0 spiro atoms. The highest BCUT2D eigenvalue weighted by atomic mass is 16.4. The standard InChI is InChI=1S/C14H17NO3.C5H11N/c16-9-15-13-7-5-11(6-8-13)10-1-3-12(4-2-10)14(17)18;1-2-4-6-5-3-1/h1-4,9,11,13H,5-8H2,(H,15,16)(H,17,18);6H,1-5H2. The fraction of sp³-hybridized carbons (Fsp3) is 0.579. The monoisotopic (exact) mass is 332 g/mol. The fourth-order valence-electron chi connectivity index (χ4n) is 3.39. The molecule has 1 aromatic carbocycles. The Labute approximate surface area is 143 Å². The van der Waals surface area contributed by atoms with Gasteiger partial charge in [0.15, 0.2) is 0 Å². The summed E-state index contributed by atoms with van der Waals surface area (Å²) in [4.78, 5) is 21.1. The number of amides is 1. The lowest BCUT2D eigenvalue weighted by molar-refractivity contribution is -0.110. The molecule has 0 bridgehead atoms. The summed E-state index contributed by atoms with van der Waals surface area (Å²) in [5.74, 6) is -0.405. The van der Waals surface area contributed by atoms with Gasteiger partial charge in [0.2, 0.25) is 6.41 Å². The molecule has 1 saturated carbocycles. The van der Waals surface area contributed by atoms with Crippen LogP contribution in [0.3, 0.4) is 0 Å². The number of carbonyl (C=O) groups is 2. The van der Waals surface area contributed by atoms with Crippen LogP contribution >= 0.6 is 0 Å². The van der Waals surface area contributed by atoms with Gasteiger partial charge in [-0.2, -0.15) is 0 Å². The molecule has 0 aromatic heterocycles. The quantitative estimate of drug-likeness (QED) is 0.741. The van der Waals surface area contributed by atoms with E-state index in [0.29, 0.717) is 17.5 Å². The Morgan fingerprint density at radius 2 is 1.67 bits per heavy atom. The molecule has 3 rings (SSSR count). The number of carboxylic acid groups (broad SMARTS) is 1. The second kappa shape index (κ2) is 10.1. The second-order valence-corrected chi connectivity index (χ2v) is 6.57. The van der Waals surface area contributed by atoms with Crippen molar-refractivity contribution in [2.45, 2.75) is 56.9 Å². The zero-order chi connectivity index (χ0) is 17.2. The van der Waals surface area contributed by atoms with Crippen molar-refractivity contribution in [2.24, 2.45) is 0 Å². The summed E-state index contributed by atoms with van der Waals surface area (Å²) in [7, 11) is 0. The van der Waals surface area contributed by atoms with E-state index in [1.165, 1.54) is 37.9 Å². The number of benzene rings is 1. The lowest BCUT2D eigenvalue weighted by atomic mass is 9.81. The second-order valence-electron chi connectivity index (χ2n) is 6.57. The average molecular weight is 332 g/mol. The maximum Gasteiger partial charge on any atom is 0.335 e. The van der Waals surface area contributed by atoms with E-state index in [2.05, 4.69) is 10.6 Å². The zero-order valence-electron chi connectivity index (χ0n) is 14.2. The first kappa shape index (κ1) is 18.5. The molecular weight excluding hydrogens is 304 g/mol. The highest BCUT2D eigenvalue weighted by molar-refractivity contribution is 5.87. The molecule has 0 radical (unpaired) electrons. The van der Waals surface area contributed by atoms with Crippen molar-refractivity contribution in [3.8, 4) is 0 Å². The van der Waals surface area contributed by atoms with Gasteiger partial charge in [0.1, 0.15) is 0 Å². The van der Waals surface area contributed by atoms with E-state index in [1.807, 2.05) is 12.1 Å². The summed E-state index contributed by atoms with van der Waals surface area (Å²) in [6, 6.07) is 7.43. The normalized spacial score (nSPS) is 23.5. The molecule has 1 heterocycles. The Kier molecular flexibility index (Phi) is 7.75. The Morgan fingerprint density at radius 1 is 1.04 bits per heavy atom. The summed E-state index contributed by atoms with van der Waals surface area (Å²) < 4.78 is 0. The van der Waals surface area contributed by atoms with Gasteiger partial charge in [-0.15, -0.1) is 0 Å². The number of carbonyl (C=O) groups excluding carboxylic acids is 1. The topological polar surface area (TPSA) is 78.4 Å². The van der Waals surface area contributed by atoms with Gasteiger partial charge < -0.3 is 15.7 Å². The van der Waals surface area contributed by atoms with E-state index in [4.69, 9.17) is 5.11 Å². The van der Waals surface area contributed by atoms with Gasteiger partial charge in [0, 0.05) is 6.04 Å². The third-order valence-electron chi connectivity index (χ3n) is 4.87. The van der Waals surface area contributed by atoms with E-state index >= 15 is 0 Å². The Morgan fingerprint density at radius 3 is 2.08 bits per heavy atom. The van der Waals surface area contributed by atoms with Crippen LogP contribution in [0.1, 0.15) is 66.8 Å². The maximum atomic E-state index is 10.8. The van der Waals surface area contributed by atoms with Crippen molar-refractivity contribution >= 4 is 12.4 Å². The number of piperidine rings is 1. The predicted octanol–water partition coefficient (Wildman–Crippen LogP) is 2.92. The summed E-state index contributed by atoms with van der Waals surface area (Å²) >= 11 is 0. The molecule has 0 atom stereocenters. The van der Waals surface area contributed by atoms with Crippen LogP contribution in [0.5, 0.6) is 0 Å². The molecule has 3 N–H and O–H groups in total. The Hall–Kier alpha value is -1.88. The number of aromatic carboxylic acids is 1. The Balaban J connectivity index is 0.000000292. The van der Waals surface area contributed by atoms with Gasteiger partial charge in [0.05, 0.1) is 5.56 Å². The van der Waals surface area contributed by atoms with E-state index in [0.717, 1.165) is 32.1 Å². The summed E-state index contributed by atoms with van der Waals surface area (Å²) in [6.45, 7) is 2.50. The van der Waals surface area contributed by atoms with E-state index in [9.17, 15) is 9.59 Å². The van der Waals surface area contributed by atoms with Crippen molar-refractivity contribution in [1.29, 1.82) is 0 Å². The molecule has 1 amide bonds. The fourth-order valence-corrected chi connectivity index (χ4v) is 3.39. The number of carboxylic acids is 1. The van der Waals surface area contributed by atoms with E-state index in [-0.39, 0.29) is 0 Å². The molecule has 1 saturated heterocycles. The summed E-state index contributed by atoms with van der Waals surface area (Å²) in [5.41, 5.74) is 1.53. The van der Waals surface area contributed by atoms with Crippen molar-refractivity contribution in [3.63, 3.8) is 0 Å².